The maximum absolute atomic E-state index is 12.0. The van der Waals surface area contributed by atoms with Crippen LogP contribution in [-0.4, -0.2) is 41.3 Å². The normalized spacial score (nSPS) is 22.4. The molecule has 0 saturated carbocycles. The Labute approximate surface area is 114 Å². The number of hydrogen-bond donors (Lipinski definition) is 1. The second kappa shape index (κ2) is 5.39. The van der Waals surface area contributed by atoms with Gasteiger partial charge in [-0.25, -0.2) is 9.59 Å². The number of nitrogens with zero attached hydrogens (tertiary/aromatic N) is 1. The summed E-state index contributed by atoms with van der Waals surface area (Å²) in [6.45, 7) is 10.9. The fourth-order valence-electron chi connectivity index (χ4n) is 2.24. The van der Waals surface area contributed by atoms with Crippen LogP contribution in [0, 0.1) is 10.8 Å². The van der Waals surface area contributed by atoms with Crippen molar-refractivity contribution in [2.24, 2.45) is 10.8 Å². The zero-order valence-corrected chi connectivity index (χ0v) is 12.5. The third-order valence-corrected chi connectivity index (χ3v) is 3.33. The Hall–Kier alpha value is -1.26. The van der Waals surface area contributed by atoms with Gasteiger partial charge in [-0.3, -0.25) is 4.90 Å². The van der Waals surface area contributed by atoms with E-state index in [9.17, 15) is 9.59 Å². The van der Waals surface area contributed by atoms with Crippen molar-refractivity contribution in [2.45, 2.75) is 53.5 Å². The fraction of sp³-hybridized carbons (Fsp3) is 0.857. The molecule has 5 nitrogen and oxygen atoms in total. The van der Waals surface area contributed by atoms with Crippen LogP contribution in [0.3, 0.4) is 0 Å². The number of rotatable bonds is 3. The van der Waals surface area contributed by atoms with Crippen LogP contribution in [0.15, 0.2) is 0 Å². The fourth-order valence-corrected chi connectivity index (χ4v) is 2.24. The van der Waals surface area contributed by atoms with Crippen molar-refractivity contribution in [3.8, 4) is 0 Å². The van der Waals surface area contributed by atoms with Gasteiger partial charge in [-0.05, 0) is 23.7 Å². The van der Waals surface area contributed by atoms with Gasteiger partial charge < -0.3 is 9.84 Å². The van der Waals surface area contributed by atoms with Gasteiger partial charge in [-0.2, -0.15) is 0 Å². The van der Waals surface area contributed by atoms with Gasteiger partial charge in [0.05, 0.1) is 6.61 Å². The lowest BCUT2D eigenvalue weighted by Gasteiger charge is -2.22. The molecular formula is C14H25NO4. The number of carbonyl (C=O) groups is 2. The maximum atomic E-state index is 12.0. The summed E-state index contributed by atoms with van der Waals surface area (Å²) < 4.78 is 5.23. The van der Waals surface area contributed by atoms with E-state index in [2.05, 4.69) is 20.8 Å². The van der Waals surface area contributed by atoms with E-state index >= 15 is 0 Å². The van der Waals surface area contributed by atoms with Crippen LogP contribution in [0.2, 0.25) is 0 Å². The van der Waals surface area contributed by atoms with Gasteiger partial charge in [0.15, 0.2) is 0 Å². The summed E-state index contributed by atoms with van der Waals surface area (Å²) in [5.41, 5.74) is -0.0756. The van der Waals surface area contributed by atoms with E-state index in [0.717, 1.165) is 6.42 Å². The van der Waals surface area contributed by atoms with Gasteiger partial charge in [-0.15, -0.1) is 0 Å². The molecule has 0 spiro atoms. The Kier molecular flexibility index (Phi) is 4.48. The molecule has 1 fully saturated rings. The minimum atomic E-state index is -1.05. The molecule has 110 valence electrons. The first kappa shape index (κ1) is 15.8. The molecule has 19 heavy (non-hydrogen) atoms. The number of likely N-dealkylation sites (tertiary alicyclic amines) is 1. The van der Waals surface area contributed by atoms with Gasteiger partial charge in [0.2, 0.25) is 0 Å². The lowest BCUT2D eigenvalue weighted by Crippen LogP contribution is -2.40. The lowest BCUT2D eigenvalue weighted by atomic mass is 9.90. The average molecular weight is 271 g/mol. The van der Waals surface area contributed by atoms with E-state index in [0.29, 0.717) is 19.6 Å². The van der Waals surface area contributed by atoms with Crippen molar-refractivity contribution in [1.29, 1.82) is 0 Å². The molecule has 1 rings (SSSR count). The average Bonchev–Trinajstić information content (AvgIpc) is 2.52. The molecular weight excluding hydrogens is 246 g/mol. The molecule has 0 aromatic heterocycles. The monoisotopic (exact) mass is 271 g/mol. The first-order valence-corrected chi connectivity index (χ1v) is 6.68. The van der Waals surface area contributed by atoms with E-state index in [4.69, 9.17) is 9.84 Å². The molecule has 1 aliphatic heterocycles. The van der Waals surface area contributed by atoms with Crippen molar-refractivity contribution < 1.29 is 19.4 Å². The molecule has 0 aromatic rings. The third kappa shape index (κ3) is 4.73. The summed E-state index contributed by atoms with van der Waals surface area (Å²) >= 11 is 0. The van der Waals surface area contributed by atoms with Gasteiger partial charge >= 0.3 is 12.1 Å². The van der Waals surface area contributed by atoms with Gasteiger partial charge in [0, 0.05) is 6.54 Å². The molecule has 0 radical (unpaired) electrons. The highest BCUT2D eigenvalue weighted by Gasteiger charge is 2.44. The quantitative estimate of drug-likeness (QED) is 0.801. The zero-order valence-electron chi connectivity index (χ0n) is 12.5. The highest BCUT2D eigenvalue weighted by Crippen LogP contribution is 2.34. The summed E-state index contributed by atoms with van der Waals surface area (Å²) in [6, 6.07) is -0.660. The summed E-state index contributed by atoms with van der Waals surface area (Å²) in [5, 5.41) is 9.14. The maximum Gasteiger partial charge on any atom is 0.408 e. The van der Waals surface area contributed by atoms with E-state index in [1.54, 1.807) is 0 Å². The largest absolute Gasteiger partial charge is 0.465 e. The van der Waals surface area contributed by atoms with Crippen molar-refractivity contribution >= 4 is 12.1 Å². The standard InChI is InChI=1S/C14H25NO4/c1-13(2,3)6-7-19-11(16)10-8-14(4,5)9-15(10)12(17)18/h10H,6-9H2,1-5H3,(H,17,18)/t10-/m0/s1. The first-order valence-electron chi connectivity index (χ1n) is 6.68. The number of esters is 1. The Bertz CT molecular complexity index is 357. The van der Waals surface area contributed by atoms with Crippen LogP contribution in [-0.2, 0) is 9.53 Å². The van der Waals surface area contributed by atoms with Crippen molar-refractivity contribution in [3.63, 3.8) is 0 Å². The van der Waals surface area contributed by atoms with Crippen LogP contribution in [0.4, 0.5) is 4.79 Å². The molecule has 1 aliphatic rings. The molecule has 1 amide bonds. The molecule has 1 atom stereocenters. The van der Waals surface area contributed by atoms with Crippen molar-refractivity contribution in [1.82, 2.24) is 4.90 Å². The number of amides is 1. The van der Waals surface area contributed by atoms with Crippen molar-refractivity contribution in [2.75, 3.05) is 13.2 Å². The summed E-state index contributed by atoms with van der Waals surface area (Å²) in [5.74, 6) is -0.419. The third-order valence-electron chi connectivity index (χ3n) is 3.33. The van der Waals surface area contributed by atoms with Gasteiger partial charge in [-0.1, -0.05) is 34.6 Å². The highest BCUT2D eigenvalue weighted by atomic mass is 16.5. The zero-order chi connectivity index (χ0) is 14.8. The Morgan fingerprint density at radius 1 is 1.37 bits per heavy atom. The van der Waals surface area contributed by atoms with Crippen LogP contribution in [0.1, 0.15) is 47.5 Å². The smallest absolute Gasteiger partial charge is 0.408 e. The molecule has 0 aromatic carbocycles. The topological polar surface area (TPSA) is 66.8 Å². The van der Waals surface area contributed by atoms with Crippen LogP contribution >= 0.6 is 0 Å². The molecule has 1 saturated heterocycles. The van der Waals surface area contributed by atoms with Gasteiger partial charge in [0.25, 0.3) is 0 Å². The minimum absolute atomic E-state index is 0.0989. The Morgan fingerprint density at radius 2 is 1.95 bits per heavy atom. The predicted octanol–water partition coefficient (Wildman–Crippen LogP) is 2.74. The summed E-state index contributed by atoms with van der Waals surface area (Å²) in [7, 11) is 0. The molecule has 0 bridgehead atoms. The molecule has 0 aliphatic carbocycles. The van der Waals surface area contributed by atoms with Gasteiger partial charge in [0.1, 0.15) is 6.04 Å². The lowest BCUT2D eigenvalue weighted by molar-refractivity contribution is -0.149. The first-order chi connectivity index (χ1) is 8.52. The Balaban J connectivity index is 2.57. The van der Waals surface area contributed by atoms with Crippen LogP contribution in [0.5, 0.6) is 0 Å². The molecule has 5 heteroatoms. The number of carbonyl (C=O) groups excluding carboxylic acids is 1. The Morgan fingerprint density at radius 3 is 2.42 bits per heavy atom. The SMILES string of the molecule is CC(C)(C)CCOC(=O)[C@@H]1CC(C)(C)CN1C(=O)O. The highest BCUT2D eigenvalue weighted by molar-refractivity contribution is 5.81. The number of ether oxygens (including phenoxy) is 1. The summed E-state index contributed by atoms with van der Waals surface area (Å²) in [4.78, 5) is 24.4. The summed E-state index contributed by atoms with van der Waals surface area (Å²) in [6.07, 6.45) is 0.235. The predicted molar refractivity (Wildman–Crippen MR) is 71.9 cm³/mol. The molecule has 1 heterocycles. The van der Waals surface area contributed by atoms with E-state index in [1.807, 2.05) is 13.8 Å². The minimum Gasteiger partial charge on any atom is -0.465 e. The number of carboxylic acid groups (broad SMARTS) is 1. The van der Waals surface area contributed by atoms with E-state index < -0.39 is 18.1 Å². The van der Waals surface area contributed by atoms with E-state index in [1.165, 1.54) is 4.90 Å². The molecule has 1 N–H and O–H groups in total. The second-order valence-corrected chi connectivity index (χ2v) is 7.27. The van der Waals surface area contributed by atoms with Crippen LogP contribution < -0.4 is 0 Å². The molecule has 0 unspecified atom stereocenters. The van der Waals surface area contributed by atoms with E-state index in [-0.39, 0.29) is 10.8 Å². The second-order valence-electron chi connectivity index (χ2n) is 7.27. The van der Waals surface area contributed by atoms with Crippen molar-refractivity contribution in [3.05, 3.63) is 0 Å². The number of hydrogen-bond acceptors (Lipinski definition) is 3. The van der Waals surface area contributed by atoms with Crippen LogP contribution in [0.25, 0.3) is 0 Å².